The fourth-order valence-electron chi connectivity index (χ4n) is 3.30. The van der Waals surface area contributed by atoms with Gasteiger partial charge in [-0.1, -0.05) is 6.07 Å². The van der Waals surface area contributed by atoms with Gasteiger partial charge in [0, 0.05) is 28.3 Å². The van der Waals surface area contributed by atoms with Gasteiger partial charge in [-0.05, 0) is 58.4 Å². The van der Waals surface area contributed by atoms with E-state index in [1.165, 1.54) is 19.1 Å². The molecule has 1 aromatic carbocycles. The Balaban J connectivity index is 1.84. The van der Waals surface area contributed by atoms with Crippen LogP contribution < -0.4 is 5.32 Å². The van der Waals surface area contributed by atoms with E-state index in [1.807, 2.05) is 19.9 Å². The van der Waals surface area contributed by atoms with Crippen LogP contribution in [0.2, 0.25) is 0 Å². The first-order valence-electron chi connectivity index (χ1n) is 9.31. The first kappa shape index (κ1) is 21.5. The van der Waals surface area contributed by atoms with Crippen molar-refractivity contribution in [2.45, 2.75) is 47.2 Å². The molecule has 0 aliphatic heterocycles. The van der Waals surface area contributed by atoms with Gasteiger partial charge in [-0.15, -0.1) is 0 Å². The van der Waals surface area contributed by atoms with Gasteiger partial charge in [0.1, 0.15) is 0 Å². The van der Waals surface area contributed by atoms with Crippen LogP contribution in [-0.4, -0.2) is 25.7 Å². The minimum absolute atomic E-state index is 0.0301. The minimum Gasteiger partial charge on any atom is -0.326 e. The molecular weight excluding hydrogens is 395 g/mol. The number of amides is 1. The number of benzene rings is 1. The molecule has 2 heterocycles. The quantitative estimate of drug-likeness (QED) is 0.683. The topological polar surface area (TPSA) is 72.7 Å². The van der Waals surface area contributed by atoms with E-state index in [0.29, 0.717) is 22.9 Å². The highest BCUT2D eigenvalue weighted by Gasteiger charge is 2.32. The Morgan fingerprint density at radius 2 is 1.67 bits per heavy atom. The molecule has 3 aromatic rings. The molecule has 0 bridgehead atoms. The number of hydrogen-bond acceptors (Lipinski definition) is 4. The molecule has 0 atom stereocenters. The second-order valence-electron chi connectivity index (χ2n) is 7.26. The molecule has 0 saturated carbocycles. The van der Waals surface area contributed by atoms with Crippen LogP contribution in [0, 0.1) is 34.6 Å². The van der Waals surface area contributed by atoms with E-state index >= 15 is 0 Å². The molecule has 0 aliphatic carbocycles. The van der Waals surface area contributed by atoms with Crippen molar-refractivity contribution in [3.63, 3.8) is 0 Å². The number of aryl methyl sites for hydroxylation is 4. The highest BCUT2D eigenvalue weighted by Crippen LogP contribution is 2.33. The summed E-state index contributed by atoms with van der Waals surface area (Å²) in [7, 11) is 0. The van der Waals surface area contributed by atoms with Crippen molar-refractivity contribution in [3.8, 4) is 5.95 Å². The largest absolute Gasteiger partial charge is 0.416 e. The Kier molecular flexibility index (Phi) is 5.65. The van der Waals surface area contributed by atoms with Gasteiger partial charge in [0.15, 0.2) is 0 Å². The van der Waals surface area contributed by atoms with Crippen molar-refractivity contribution in [1.82, 2.24) is 19.7 Å². The van der Waals surface area contributed by atoms with Crippen LogP contribution >= 0.6 is 0 Å². The summed E-state index contributed by atoms with van der Waals surface area (Å²) in [5, 5.41) is 6.99. The lowest BCUT2D eigenvalue weighted by molar-refractivity contribution is -0.138. The molecule has 30 heavy (non-hydrogen) atoms. The summed E-state index contributed by atoms with van der Waals surface area (Å²) in [5.74, 6) is -0.0211. The summed E-state index contributed by atoms with van der Waals surface area (Å²) in [4.78, 5) is 21.3. The average Bonchev–Trinajstić information content (AvgIpc) is 2.90. The van der Waals surface area contributed by atoms with E-state index in [-0.39, 0.29) is 17.7 Å². The maximum absolute atomic E-state index is 13.1. The second kappa shape index (κ2) is 7.89. The second-order valence-corrected chi connectivity index (χ2v) is 7.26. The number of hydrogen-bond donors (Lipinski definition) is 1. The molecule has 0 fully saturated rings. The molecule has 1 amide bonds. The van der Waals surface area contributed by atoms with Crippen molar-refractivity contribution in [1.29, 1.82) is 0 Å². The van der Waals surface area contributed by atoms with Gasteiger partial charge >= 0.3 is 6.18 Å². The maximum Gasteiger partial charge on any atom is 0.416 e. The molecule has 9 heteroatoms. The molecule has 2 aromatic heterocycles. The summed E-state index contributed by atoms with van der Waals surface area (Å²) in [6, 6.07) is 5.58. The number of carbonyl (C=O) groups excluding carboxylic acids is 1. The van der Waals surface area contributed by atoms with Gasteiger partial charge < -0.3 is 5.32 Å². The lowest BCUT2D eigenvalue weighted by Crippen LogP contribution is -2.16. The monoisotopic (exact) mass is 417 g/mol. The minimum atomic E-state index is -4.48. The summed E-state index contributed by atoms with van der Waals surface area (Å²) < 4.78 is 40.9. The van der Waals surface area contributed by atoms with E-state index in [0.717, 1.165) is 17.5 Å². The number of rotatable bonds is 4. The third-order valence-electron chi connectivity index (χ3n) is 4.77. The molecular formula is C21H22F3N5O. The smallest absolute Gasteiger partial charge is 0.326 e. The van der Waals surface area contributed by atoms with E-state index in [1.54, 1.807) is 18.5 Å². The van der Waals surface area contributed by atoms with Gasteiger partial charge in [-0.25, -0.2) is 14.6 Å². The van der Waals surface area contributed by atoms with Gasteiger partial charge in [-0.2, -0.15) is 18.3 Å². The van der Waals surface area contributed by atoms with E-state index < -0.39 is 17.6 Å². The van der Waals surface area contributed by atoms with E-state index in [9.17, 15) is 18.0 Å². The lowest BCUT2D eigenvalue weighted by Gasteiger charge is -2.13. The number of carbonyl (C=O) groups is 1. The van der Waals surface area contributed by atoms with E-state index in [4.69, 9.17) is 0 Å². The van der Waals surface area contributed by atoms with Gasteiger partial charge in [0.05, 0.1) is 17.7 Å². The Bertz CT molecular complexity index is 1100. The summed E-state index contributed by atoms with van der Waals surface area (Å²) >= 11 is 0. The third kappa shape index (κ3) is 4.50. The van der Waals surface area contributed by atoms with Crippen molar-refractivity contribution in [2.24, 2.45) is 0 Å². The Hall–Kier alpha value is -3.23. The molecule has 0 spiro atoms. The number of nitrogens with zero attached hydrogens (tertiary/aromatic N) is 4. The number of aromatic nitrogens is 4. The van der Waals surface area contributed by atoms with Crippen LogP contribution in [0.5, 0.6) is 0 Å². The molecule has 158 valence electrons. The lowest BCUT2D eigenvalue weighted by atomic mass is 10.1. The molecule has 6 nitrogen and oxygen atoms in total. The Labute approximate surface area is 172 Å². The zero-order valence-electron chi connectivity index (χ0n) is 17.3. The SMILES string of the molecule is Cc1cc(C)nc(-n2nc(C)c(CC(=O)Nc3ccc(C)c(C(F)(F)F)c3)c2C)n1. The zero-order valence-corrected chi connectivity index (χ0v) is 17.3. The van der Waals surface area contributed by atoms with Crippen LogP contribution in [-0.2, 0) is 17.4 Å². The Morgan fingerprint density at radius 1 is 1.03 bits per heavy atom. The fraction of sp³-hybridized carbons (Fsp3) is 0.333. The predicted octanol–water partition coefficient (Wildman–Crippen LogP) is 4.40. The van der Waals surface area contributed by atoms with Crippen LogP contribution in [0.3, 0.4) is 0 Å². The van der Waals surface area contributed by atoms with Crippen molar-refractivity contribution < 1.29 is 18.0 Å². The molecule has 0 aliphatic rings. The molecule has 3 rings (SSSR count). The number of alkyl halides is 3. The molecule has 0 saturated heterocycles. The molecule has 1 N–H and O–H groups in total. The van der Waals surface area contributed by atoms with Crippen LogP contribution in [0.1, 0.15) is 39.5 Å². The van der Waals surface area contributed by atoms with Crippen molar-refractivity contribution >= 4 is 11.6 Å². The molecule has 0 radical (unpaired) electrons. The number of nitrogens with one attached hydrogen (secondary N) is 1. The van der Waals surface area contributed by atoms with Crippen LogP contribution in [0.4, 0.5) is 18.9 Å². The highest BCUT2D eigenvalue weighted by molar-refractivity contribution is 5.92. The number of anilines is 1. The third-order valence-corrected chi connectivity index (χ3v) is 4.77. The standard InChI is InChI=1S/C21H22F3N5O/c1-11-6-7-16(9-18(11)21(22,23)24)27-19(30)10-17-14(4)28-29(15(17)5)20-25-12(2)8-13(3)26-20/h6-9H,10H2,1-5H3,(H,27,30). The van der Waals surface area contributed by atoms with Gasteiger partial charge in [-0.3, -0.25) is 4.79 Å². The predicted molar refractivity (Wildman–Crippen MR) is 107 cm³/mol. The fourth-order valence-corrected chi connectivity index (χ4v) is 3.30. The zero-order chi connectivity index (χ0) is 22.2. The van der Waals surface area contributed by atoms with Crippen LogP contribution in [0.25, 0.3) is 5.95 Å². The Morgan fingerprint density at radius 3 is 2.27 bits per heavy atom. The highest BCUT2D eigenvalue weighted by atomic mass is 19.4. The first-order valence-corrected chi connectivity index (χ1v) is 9.31. The summed E-state index contributed by atoms with van der Waals surface area (Å²) in [6.45, 7) is 8.66. The summed E-state index contributed by atoms with van der Waals surface area (Å²) in [5.41, 5.74) is 3.03. The first-order chi connectivity index (χ1) is 14.0. The van der Waals surface area contributed by atoms with Gasteiger partial charge in [0.25, 0.3) is 5.95 Å². The van der Waals surface area contributed by atoms with Crippen molar-refractivity contribution in [3.05, 3.63) is 63.7 Å². The van der Waals surface area contributed by atoms with Crippen molar-refractivity contribution in [2.75, 3.05) is 5.32 Å². The van der Waals surface area contributed by atoms with E-state index in [2.05, 4.69) is 20.4 Å². The van der Waals surface area contributed by atoms with Crippen LogP contribution in [0.15, 0.2) is 24.3 Å². The van der Waals surface area contributed by atoms with Gasteiger partial charge in [0.2, 0.25) is 5.91 Å². The maximum atomic E-state index is 13.1. The average molecular weight is 417 g/mol. The summed E-state index contributed by atoms with van der Waals surface area (Å²) in [6.07, 6.45) is -4.51. The normalized spacial score (nSPS) is 11.6. The molecule has 0 unspecified atom stereocenters. The number of halogens is 3.